The molecule has 0 radical (unpaired) electrons. The first-order valence-corrected chi connectivity index (χ1v) is 13.0. The standard InChI is InChI=1S/C25H33ClN6OS/c1-5-32-23-18(16-28-25(29-23)27-11-8-17-9-12-31(4)13-10-17)14-21(24(32)33)20-15-19(34-30(2)3)6-7-22(20)26/h6-7,14-17H,5,8-13H2,1-4H3,(H,27,28,29). The number of fused-ring (bicyclic) bond motifs is 1. The Hall–Kier alpha value is -2.13. The third kappa shape index (κ3) is 5.74. The average Bonchev–Trinajstić information content (AvgIpc) is 2.81. The van der Waals surface area contributed by atoms with Crippen molar-refractivity contribution in [2.75, 3.05) is 46.1 Å². The monoisotopic (exact) mass is 500 g/mol. The van der Waals surface area contributed by atoms with E-state index >= 15 is 0 Å². The minimum absolute atomic E-state index is 0.0973. The lowest BCUT2D eigenvalue weighted by molar-refractivity contribution is 0.215. The van der Waals surface area contributed by atoms with E-state index in [9.17, 15) is 4.79 Å². The number of piperidine rings is 1. The van der Waals surface area contributed by atoms with Crippen LogP contribution >= 0.6 is 23.5 Å². The molecule has 0 spiro atoms. The van der Waals surface area contributed by atoms with E-state index in [4.69, 9.17) is 16.6 Å². The molecule has 0 aliphatic carbocycles. The molecular weight excluding hydrogens is 468 g/mol. The summed E-state index contributed by atoms with van der Waals surface area (Å²) in [6.07, 6.45) is 5.38. The second-order valence-corrected chi connectivity index (χ2v) is 10.9. The molecule has 2 aromatic heterocycles. The van der Waals surface area contributed by atoms with Gasteiger partial charge in [-0.3, -0.25) is 13.7 Å². The smallest absolute Gasteiger partial charge is 0.260 e. The van der Waals surface area contributed by atoms with Gasteiger partial charge in [-0.15, -0.1) is 0 Å². The first kappa shape index (κ1) is 25.0. The number of hydrogen-bond acceptors (Lipinski definition) is 7. The number of halogens is 1. The molecule has 3 aromatic rings. The Balaban J connectivity index is 1.60. The van der Waals surface area contributed by atoms with E-state index in [1.165, 1.54) is 25.9 Å². The van der Waals surface area contributed by atoms with Crippen molar-refractivity contribution >= 4 is 40.5 Å². The molecule has 4 rings (SSSR count). The largest absolute Gasteiger partial charge is 0.354 e. The molecule has 0 atom stereocenters. The van der Waals surface area contributed by atoms with Gasteiger partial charge in [-0.2, -0.15) is 4.98 Å². The predicted molar refractivity (Wildman–Crippen MR) is 143 cm³/mol. The van der Waals surface area contributed by atoms with E-state index in [1.54, 1.807) is 22.7 Å². The van der Waals surface area contributed by atoms with Crippen molar-refractivity contribution in [3.63, 3.8) is 0 Å². The molecule has 1 saturated heterocycles. The zero-order valence-corrected chi connectivity index (χ0v) is 21.9. The van der Waals surface area contributed by atoms with Gasteiger partial charge in [0.1, 0.15) is 5.65 Å². The molecule has 7 nitrogen and oxygen atoms in total. The van der Waals surface area contributed by atoms with Gasteiger partial charge < -0.3 is 10.2 Å². The van der Waals surface area contributed by atoms with E-state index in [0.717, 1.165) is 34.7 Å². The molecule has 3 heterocycles. The number of likely N-dealkylation sites (tertiary alicyclic amines) is 1. The summed E-state index contributed by atoms with van der Waals surface area (Å²) in [6.45, 7) is 5.64. The number of anilines is 1. The molecule has 182 valence electrons. The fourth-order valence-electron chi connectivity index (χ4n) is 4.45. The van der Waals surface area contributed by atoms with Crippen molar-refractivity contribution in [1.82, 2.24) is 23.7 Å². The summed E-state index contributed by atoms with van der Waals surface area (Å²) < 4.78 is 3.71. The summed E-state index contributed by atoms with van der Waals surface area (Å²) >= 11 is 8.11. The van der Waals surface area contributed by atoms with E-state index in [-0.39, 0.29) is 5.56 Å². The highest BCUT2D eigenvalue weighted by atomic mass is 35.5. The van der Waals surface area contributed by atoms with E-state index in [0.29, 0.717) is 28.7 Å². The van der Waals surface area contributed by atoms with Crippen LogP contribution in [0, 0.1) is 5.92 Å². The Kier molecular flexibility index (Phi) is 8.14. The van der Waals surface area contributed by atoms with Crippen molar-refractivity contribution < 1.29 is 0 Å². The van der Waals surface area contributed by atoms with Gasteiger partial charge in [0.2, 0.25) is 5.95 Å². The third-order valence-electron chi connectivity index (χ3n) is 6.33. The maximum atomic E-state index is 13.5. The van der Waals surface area contributed by atoms with Crippen molar-refractivity contribution in [2.24, 2.45) is 5.92 Å². The minimum Gasteiger partial charge on any atom is -0.354 e. The fourth-order valence-corrected chi connectivity index (χ4v) is 5.39. The summed E-state index contributed by atoms with van der Waals surface area (Å²) in [5, 5.41) is 4.74. The lowest BCUT2D eigenvalue weighted by atomic mass is 9.94. The van der Waals surface area contributed by atoms with Gasteiger partial charge in [-0.25, -0.2) is 4.98 Å². The molecule has 0 bridgehead atoms. The second kappa shape index (κ2) is 11.1. The molecular formula is C25H33ClN6OS. The second-order valence-electron chi connectivity index (χ2n) is 9.09. The lowest BCUT2D eigenvalue weighted by Gasteiger charge is -2.28. The Labute approximate surface area is 210 Å². The molecule has 0 unspecified atom stereocenters. The van der Waals surface area contributed by atoms with Crippen LogP contribution in [-0.4, -0.2) is 64.5 Å². The van der Waals surface area contributed by atoms with Crippen LogP contribution in [0.25, 0.3) is 22.2 Å². The highest BCUT2D eigenvalue weighted by molar-refractivity contribution is 7.97. The number of nitrogens with one attached hydrogen (secondary N) is 1. The maximum Gasteiger partial charge on any atom is 0.260 e. The van der Waals surface area contributed by atoms with Crippen LogP contribution in [0.4, 0.5) is 5.95 Å². The van der Waals surface area contributed by atoms with Crippen LogP contribution in [-0.2, 0) is 6.54 Å². The number of aryl methyl sites for hydroxylation is 1. The molecule has 1 aromatic carbocycles. The van der Waals surface area contributed by atoms with E-state index < -0.39 is 0 Å². The van der Waals surface area contributed by atoms with Crippen molar-refractivity contribution in [2.45, 2.75) is 37.6 Å². The third-order valence-corrected chi connectivity index (χ3v) is 7.49. The van der Waals surface area contributed by atoms with Gasteiger partial charge in [0, 0.05) is 45.7 Å². The zero-order chi connectivity index (χ0) is 24.2. The summed E-state index contributed by atoms with van der Waals surface area (Å²) in [7, 11) is 6.15. The van der Waals surface area contributed by atoms with Crippen LogP contribution in [0.15, 0.2) is 40.2 Å². The van der Waals surface area contributed by atoms with E-state index in [1.807, 2.05) is 49.6 Å². The Morgan fingerprint density at radius 1 is 1.21 bits per heavy atom. The number of hydrogen-bond donors (Lipinski definition) is 1. The van der Waals surface area contributed by atoms with Gasteiger partial charge in [-0.05, 0) is 103 Å². The number of nitrogens with zero attached hydrogens (tertiary/aromatic N) is 5. The Bertz CT molecular complexity index is 1210. The van der Waals surface area contributed by atoms with Crippen molar-refractivity contribution in [3.8, 4) is 11.1 Å². The number of aromatic nitrogens is 3. The zero-order valence-electron chi connectivity index (χ0n) is 20.3. The minimum atomic E-state index is -0.0973. The van der Waals surface area contributed by atoms with Crippen molar-refractivity contribution in [3.05, 3.63) is 45.8 Å². The van der Waals surface area contributed by atoms with Crippen LogP contribution in [0.2, 0.25) is 5.02 Å². The average molecular weight is 501 g/mol. The van der Waals surface area contributed by atoms with Gasteiger partial charge in [0.15, 0.2) is 0 Å². The number of benzene rings is 1. The number of rotatable bonds is 8. The molecule has 1 aliphatic rings. The van der Waals surface area contributed by atoms with Gasteiger partial charge in [-0.1, -0.05) is 11.6 Å². The molecule has 1 N–H and O–H groups in total. The summed E-state index contributed by atoms with van der Waals surface area (Å²) in [4.78, 5) is 26.1. The van der Waals surface area contributed by atoms with Crippen LogP contribution < -0.4 is 10.9 Å². The number of pyridine rings is 1. The summed E-state index contributed by atoms with van der Waals surface area (Å²) in [5.41, 5.74) is 1.83. The van der Waals surface area contributed by atoms with Crippen LogP contribution in [0.1, 0.15) is 26.2 Å². The van der Waals surface area contributed by atoms with Gasteiger partial charge >= 0.3 is 0 Å². The summed E-state index contributed by atoms with van der Waals surface area (Å²) in [6, 6.07) is 7.63. The fraction of sp³-hybridized carbons (Fsp3) is 0.480. The van der Waals surface area contributed by atoms with Crippen LogP contribution in [0.3, 0.4) is 0 Å². The highest BCUT2D eigenvalue weighted by Gasteiger charge is 2.18. The molecule has 0 amide bonds. The summed E-state index contributed by atoms with van der Waals surface area (Å²) in [5.74, 6) is 1.31. The Morgan fingerprint density at radius 3 is 2.68 bits per heavy atom. The lowest BCUT2D eigenvalue weighted by Crippen LogP contribution is -2.31. The molecule has 34 heavy (non-hydrogen) atoms. The van der Waals surface area contributed by atoms with E-state index in [2.05, 4.69) is 22.2 Å². The SMILES string of the molecule is CCn1c(=O)c(-c2cc(SN(C)C)ccc2Cl)cc2cnc(NCCC3CCN(C)CC3)nc21. The Morgan fingerprint density at radius 2 is 1.97 bits per heavy atom. The quantitative estimate of drug-likeness (QED) is 0.444. The topological polar surface area (TPSA) is 66.3 Å². The van der Waals surface area contributed by atoms with Crippen molar-refractivity contribution in [1.29, 1.82) is 0 Å². The molecule has 1 fully saturated rings. The first-order chi connectivity index (χ1) is 16.4. The predicted octanol–water partition coefficient (Wildman–Crippen LogP) is 4.84. The normalized spacial score (nSPS) is 15.4. The first-order valence-electron chi connectivity index (χ1n) is 11.8. The van der Waals surface area contributed by atoms with Crippen LogP contribution in [0.5, 0.6) is 0 Å². The molecule has 9 heteroatoms. The molecule has 1 aliphatic heterocycles. The van der Waals surface area contributed by atoms with Gasteiger partial charge in [0.05, 0.1) is 0 Å². The van der Waals surface area contributed by atoms with Gasteiger partial charge in [0.25, 0.3) is 5.56 Å². The maximum absolute atomic E-state index is 13.5. The highest BCUT2D eigenvalue weighted by Crippen LogP contribution is 2.32. The molecule has 0 saturated carbocycles.